The van der Waals surface area contributed by atoms with Gasteiger partial charge in [-0.05, 0) is 10.6 Å². The third kappa shape index (κ3) is 2.83. The molecule has 0 fully saturated rings. The van der Waals surface area contributed by atoms with Crippen molar-refractivity contribution in [3.63, 3.8) is 0 Å². The lowest BCUT2D eigenvalue weighted by atomic mass is 10.1. The lowest BCUT2D eigenvalue weighted by Crippen LogP contribution is -2.08. The molecule has 1 aliphatic carbocycles. The number of hydrogen-bond donors (Lipinski definition) is 0. The highest BCUT2D eigenvalue weighted by atomic mass is 16.5. The predicted octanol–water partition coefficient (Wildman–Crippen LogP) is 1.81. The minimum Gasteiger partial charge on any atom is -0.466 e. The lowest BCUT2D eigenvalue weighted by Gasteiger charge is -2.04. The Morgan fingerprint density at radius 3 is 2.56 bits per heavy atom. The monoisotopic (exact) mass is 219 g/mol. The molecule has 0 N–H and O–H groups in total. The Balaban J connectivity index is 2.93. The van der Waals surface area contributed by atoms with E-state index in [9.17, 15) is 9.59 Å². The molecule has 0 spiro atoms. The highest BCUT2D eigenvalue weighted by Gasteiger charge is 2.16. The topological polar surface area (TPSA) is 92.1 Å². The van der Waals surface area contributed by atoms with Gasteiger partial charge in [-0.1, -0.05) is 24.3 Å². The van der Waals surface area contributed by atoms with Crippen LogP contribution in [0, 0.1) is 0 Å². The van der Waals surface area contributed by atoms with Crippen LogP contribution in [0.2, 0.25) is 0 Å². The van der Waals surface area contributed by atoms with E-state index in [1.54, 1.807) is 18.2 Å². The molecule has 1 aliphatic rings. The molecule has 6 heteroatoms. The van der Waals surface area contributed by atoms with Gasteiger partial charge in [0, 0.05) is 22.5 Å². The molecule has 0 aromatic rings. The van der Waals surface area contributed by atoms with Crippen LogP contribution in [0.15, 0.2) is 40.6 Å². The molecule has 82 valence electrons. The Kier molecular flexibility index (Phi) is 4.06. The highest BCUT2D eigenvalue weighted by molar-refractivity contribution is 5.98. The third-order valence-electron chi connectivity index (χ3n) is 1.94. The molecule has 0 radical (unpaired) electrons. The van der Waals surface area contributed by atoms with Crippen molar-refractivity contribution in [3.05, 3.63) is 45.9 Å². The minimum atomic E-state index is -0.691. The molecule has 6 nitrogen and oxygen atoms in total. The molecule has 0 saturated carbocycles. The molecule has 0 saturated heterocycles. The van der Waals surface area contributed by atoms with E-state index in [1.807, 2.05) is 0 Å². The first-order valence-electron chi connectivity index (χ1n) is 4.43. The summed E-state index contributed by atoms with van der Waals surface area (Å²) in [4.78, 5) is 25.0. The van der Waals surface area contributed by atoms with Crippen molar-refractivity contribution in [3.8, 4) is 0 Å². The molecule has 0 aromatic heterocycles. The number of ether oxygens (including phenoxy) is 1. The van der Waals surface area contributed by atoms with E-state index >= 15 is 0 Å². The van der Waals surface area contributed by atoms with Gasteiger partial charge >= 0.3 is 5.97 Å². The summed E-state index contributed by atoms with van der Waals surface area (Å²) in [6.07, 6.45) is 6.36. The molecule has 1 rings (SSSR count). The van der Waals surface area contributed by atoms with Gasteiger partial charge in [0.1, 0.15) is 0 Å². The van der Waals surface area contributed by atoms with Crippen LogP contribution in [0.4, 0.5) is 0 Å². The Labute approximate surface area is 91.5 Å². The quantitative estimate of drug-likeness (QED) is 0.307. The van der Waals surface area contributed by atoms with Crippen LogP contribution < -0.4 is 0 Å². The summed E-state index contributed by atoms with van der Waals surface area (Å²) < 4.78 is 4.55. The van der Waals surface area contributed by atoms with Crippen molar-refractivity contribution in [1.82, 2.24) is 0 Å². The Morgan fingerprint density at radius 1 is 1.38 bits per heavy atom. The van der Waals surface area contributed by atoms with E-state index in [4.69, 9.17) is 5.53 Å². The number of hydrogen-bond acceptors (Lipinski definition) is 3. The Morgan fingerprint density at radius 2 is 2.00 bits per heavy atom. The van der Waals surface area contributed by atoms with Crippen LogP contribution in [0.5, 0.6) is 0 Å². The molecule has 16 heavy (non-hydrogen) atoms. The molecule has 0 aliphatic heterocycles. The van der Waals surface area contributed by atoms with E-state index in [1.165, 1.54) is 13.2 Å². The van der Waals surface area contributed by atoms with Gasteiger partial charge in [-0.25, -0.2) is 4.79 Å². The first-order valence-corrected chi connectivity index (χ1v) is 4.43. The maximum Gasteiger partial charge on any atom is 0.334 e. The van der Waals surface area contributed by atoms with Gasteiger partial charge in [0.15, 0.2) is 0 Å². The van der Waals surface area contributed by atoms with Gasteiger partial charge in [-0.3, -0.25) is 4.79 Å². The molecule has 0 heterocycles. The van der Waals surface area contributed by atoms with Gasteiger partial charge in [0.25, 0.3) is 0 Å². The number of amides is 1. The number of methoxy groups -OCH3 is 1. The van der Waals surface area contributed by atoms with Crippen LogP contribution in [-0.2, 0) is 14.3 Å². The van der Waals surface area contributed by atoms with E-state index in [-0.39, 0.29) is 12.0 Å². The number of rotatable bonds is 2. The predicted molar refractivity (Wildman–Crippen MR) is 56.1 cm³/mol. The van der Waals surface area contributed by atoms with E-state index in [2.05, 4.69) is 14.8 Å². The molecule has 0 bridgehead atoms. The first kappa shape index (κ1) is 11.7. The van der Waals surface area contributed by atoms with Gasteiger partial charge in [-0.2, -0.15) is 0 Å². The first-order chi connectivity index (χ1) is 7.69. The fraction of sp³-hybridized carbons (Fsp3) is 0.200. The van der Waals surface area contributed by atoms with Crippen molar-refractivity contribution < 1.29 is 14.3 Å². The smallest absolute Gasteiger partial charge is 0.334 e. The van der Waals surface area contributed by atoms with E-state index in [0.29, 0.717) is 5.57 Å². The maximum atomic E-state index is 11.3. The largest absolute Gasteiger partial charge is 0.466 e. The number of azide groups is 1. The van der Waals surface area contributed by atoms with Crippen molar-refractivity contribution >= 4 is 11.9 Å². The van der Waals surface area contributed by atoms with Crippen LogP contribution in [0.1, 0.15) is 6.42 Å². The Hall–Kier alpha value is -2.33. The minimum absolute atomic E-state index is 0.0948. The highest BCUT2D eigenvalue weighted by Crippen LogP contribution is 2.17. The number of allylic oxidation sites excluding steroid dienone is 4. The van der Waals surface area contributed by atoms with Crippen molar-refractivity contribution in [2.75, 3.05) is 7.11 Å². The van der Waals surface area contributed by atoms with Crippen molar-refractivity contribution in [2.24, 2.45) is 5.11 Å². The van der Waals surface area contributed by atoms with Crippen LogP contribution >= 0.6 is 0 Å². The molecule has 0 unspecified atom stereocenters. The molecular formula is C10H9N3O3. The Bertz CT molecular complexity index is 454. The van der Waals surface area contributed by atoms with Crippen LogP contribution in [0.3, 0.4) is 0 Å². The second-order valence-electron chi connectivity index (χ2n) is 2.93. The number of esters is 1. The average molecular weight is 219 g/mol. The molecule has 1 amide bonds. The van der Waals surface area contributed by atoms with Gasteiger partial charge in [-0.15, -0.1) is 0 Å². The van der Waals surface area contributed by atoms with Crippen LogP contribution in [0.25, 0.3) is 10.4 Å². The van der Waals surface area contributed by atoms with Gasteiger partial charge < -0.3 is 4.74 Å². The summed E-state index contributed by atoms with van der Waals surface area (Å²) in [5, 5.41) is 2.97. The normalized spacial score (nSPS) is 14.1. The number of carbonyl (C=O) groups is 2. The van der Waals surface area contributed by atoms with Gasteiger partial charge in [0.2, 0.25) is 5.91 Å². The van der Waals surface area contributed by atoms with E-state index in [0.717, 1.165) is 0 Å². The summed E-state index contributed by atoms with van der Waals surface area (Å²) in [5.74, 6) is -1.20. The number of nitrogens with zero attached hydrogens (tertiary/aromatic N) is 3. The zero-order valence-corrected chi connectivity index (χ0v) is 8.58. The maximum absolute atomic E-state index is 11.3. The summed E-state index contributed by atoms with van der Waals surface area (Å²) >= 11 is 0. The number of carbonyl (C=O) groups excluding carboxylic acids is 2. The second kappa shape index (κ2) is 5.53. The fourth-order valence-electron chi connectivity index (χ4n) is 1.19. The SMILES string of the molecule is COC(=O)C1=CC=CC=C(C(=O)N=[N+]=[N-])C1. The van der Waals surface area contributed by atoms with Crippen molar-refractivity contribution in [2.45, 2.75) is 6.42 Å². The summed E-state index contributed by atoms with van der Waals surface area (Å²) in [6.45, 7) is 0. The van der Waals surface area contributed by atoms with E-state index < -0.39 is 11.9 Å². The molecular weight excluding hydrogens is 210 g/mol. The fourth-order valence-corrected chi connectivity index (χ4v) is 1.19. The third-order valence-corrected chi connectivity index (χ3v) is 1.94. The van der Waals surface area contributed by atoms with Crippen molar-refractivity contribution in [1.29, 1.82) is 0 Å². The second-order valence-corrected chi connectivity index (χ2v) is 2.93. The summed E-state index contributed by atoms with van der Waals surface area (Å²) in [5.41, 5.74) is 8.73. The zero-order chi connectivity index (χ0) is 12.0. The zero-order valence-electron chi connectivity index (χ0n) is 8.58. The standard InChI is InChI=1S/C10H9N3O3/c1-16-10(15)8-5-3-2-4-7(6-8)9(14)12-13-11/h2-5H,6H2,1H3. The van der Waals surface area contributed by atoms with Gasteiger partial charge in [0.05, 0.1) is 7.11 Å². The lowest BCUT2D eigenvalue weighted by molar-refractivity contribution is -0.136. The molecule has 0 atom stereocenters. The molecule has 0 aromatic carbocycles. The van der Waals surface area contributed by atoms with Crippen LogP contribution in [-0.4, -0.2) is 19.0 Å². The summed E-state index contributed by atoms with van der Waals surface area (Å²) in [6, 6.07) is 0. The average Bonchev–Trinajstić information content (AvgIpc) is 2.54. The summed E-state index contributed by atoms with van der Waals surface area (Å²) in [7, 11) is 1.26.